The molecule has 0 aromatic heterocycles. The largest absolute Gasteiger partial charge is 0.492 e. The standard InChI is InChI=1S/C20H34N4O2/c1-17-6-8-18(9-7-17)26-15-12-24(5)19(21-2)22-16-20(23(3)4)10-13-25-14-11-20/h6-9H,10-16H2,1-5H3,(H,21,22). The highest BCUT2D eigenvalue weighted by atomic mass is 16.5. The third-order valence-corrected chi connectivity index (χ3v) is 5.24. The molecule has 6 heteroatoms. The normalized spacial score (nSPS) is 17.2. The third-order valence-electron chi connectivity index (χ3n) is 5.24. The van der Waals surface area contributed by atoms with Gasteiger partial charge in [0.05, 0.1) is 6.54 Å². The van der Waals surface area contributed by atoms with E-state index >= 15 is 0 Å². The van der Waals surface area contributed by atoms with Crippen molar-refractivity contribution >= 4 is 5.96 Å². The Kier molecular flexibility index (Phi) is 7.72. The topological polar surface area (TPSA) is 49.3 Å². The first kappa shape index (κ1) is 20.5. The summed E-state index contributed by atoms with van der Waals surface area (Å²) < 4.78 is 11.4. The molecule has 0 radical (unpaired) electrons. The van der Waals surface area contributed by atoms with Gasteiger partial charge in [-0.15, -0.1) is 0 Å². The molecule has 146 valence electrons. The molecule has 1 N–H and O–H groups in total. The Morgan fingerprint density at radius 2 is 1.85 bits per heavy atom. The van der Waals surface area contributed by atoms with Gasteiger partial charge in [-0.3, -0.25) is 4.99 Å². The Labute approximate surface area is 158 Å². The summed E-state index contributed by atoms with van der Waals surface area (Å²) in [6, 6.07) is 8.14. The number of aryl methyl sites for hydroxylation is 1. The summed E-state index contributed by atoms with van der Waals surface area (Å²) in [5.41, 5.74) is 1.36. The molecule has 1 aliphatic rings. The molecule has 1 aromatic rings. The number of rotatable bonds is 7. The maximum Gasteiger partial charge on any atom is 0.193 e. The van der Waals surface area contributed by atoms with E-state index in [1.807, 2.05) is 26.2 Å². The molecule has 0 saturated carbocycles. The molecule has 1 saturated heterocycles. The summed E-state index contributed by atoms with van der Waals surface area (Å²) in [7, 11) is 8.16. The Balaban J connectivity index is 1.82. The van der Waals surface area contributed by atoms with Crippen LogP contribution < -0.4 is 10.1 Å². The van der Waals surface area contributed by atoms with Gasteiger partial charge in [0.1, 0.15) is 12.4 Å². The van der Waals surface area contributed by atoms with E-state index in [9.17, 15) is 0 Å². The predicted molar refractivity (Wildman–Crippen MR) is 107 cm³/mol. The molecule has 6 nitrogen and oxygen atoms in total. The van der Waals surface area contributed by atoms with Crippen LogP contribution in [0.4, 0.5) is 0 Å². The zero-order valence-corrected chi connectivity index (χ0v) is 16.9. The molecule has 1 fully saturated rings. The van der Waals surface area contributed by atoms with E-state index < -0.39 is 0 Å². The highest BCUT2D eigenvalue weighted by Crippen LogP contribution is 2.25. The predicted octanol–water partition coefficient (Wildman–Crippen LogP) is 1.99. The first-order valence-corrected chi connectivity index (χ1v) is 9.33. The van der Waals surface area contributed by atoms with E-state index in [2.05, 4.69) is 53.3 Å². The van der Waals surface area contributed by atoms with Crippen LogP contribution in [0.15, 0.2) is 29.3 Å². The van der Waals surface area contributed by atoms with Crippen LogP contribution >= 0.6 is 0 Å². The van der Waals surface area contributed by atoms with Gasteiger partial charge in [0, 0.05) is 39.4 Å². The van der Waals surface area contributed by atoms with E-state index in [0.717, 1.165) is 50.9 Å². The molecule has 2 rings (SSSR count). The first-order chi connectivity index (χ1) is 12.5. The van der Waals surface area contributed by atoms with E-state index in [1.165, 1.54) is 5.56 Å². The molecule has 1 aromatic carbocycles. The van der Waals surface area contributed by atoms with Gasteiger partial charge in [0.25, 0.3) is 0 Å². The van der Waals surface area contributed by atoms with Gasteiger partial charge in [-0.05, 0) is 46.0 Å². The fourth-order valence-corrected chi connectivity index (χ4v) is 3.20. The van der Waals surface area contributed by atoms with Crippen molar-refractivity contribution in [3.63, 3.8) is 0 Å². The molecule has 0 unspecified atom stereocenters. The number of guanidine groups is 1. The summed E-state index contributed by atoms with van der Waals surface area (Å²) in [5.74, 6) is 1.80. The SMILES string of the molecule is CN=C(NCC1(N(C)C)CCOCC1)N(C)CCOc1ccc(C)cc1. The Hall–Kier alpha value is -1.79. The number of nitrogens with zero attached hydrogens (tertiary/aromatic N) is 3. The summed E-state index contributed by atoms with van der Waals surface area (Å²) >= 11 is 0. The van der Waals surface area contributed by atoms with Crippen LogP contribution in [0.25, 0.3) is 0 Å². The lowest BCUT2D eigenvalue weighted by atomic mass is 9.88. The summed E-state index contributed by atoms with van der Waals surface area (Å²) in [5, 5.41) is 3.54. The number of hydrogen-bond acceptors (Lipinski definition) is 4. The lowest BCUT2D eigenvalue weighted by molar-refractivity contribution is -0.00522. The van der Waals surface area contributed by atoms with Crippen LogP contribution in [0.5, 0.6) is 5.75 Å². The van der Waals surface area contributed by atoms with Crippen LogP contribution in [0.3, 0.4) is 0 Å². The van der Waals surface area contributed by atoms with Gasteiger partial charge in [0.2, 0.25) is 0 Å². The number of nitrogens with one attached hydrogen (secondary N) is 1. The van der Waals surface area contributed by atoms with E-state index in [1.54, 1.807) is 0 Å². The van der Waals surface area contributed by atoms with Crippen LogP contribution in [0, 0.1) is 6.92 Å². The average molecular weight is 363 g/mol. The molecule has 1 heterocycles. The lowest BCUT2D eigenvalue weighted by Gasteiger charge is -2.43. The second-order valence-corrected chi connectivity index (χ2v) is 7.21. The Morgan fingerprint density at radius 3 is 2.42 bits per heavy atom. The van der Waals surface area contributed by atoms with Gasteiger partial charge >= 0.3 is 0 Å². The van der Waals surface area contributed by atoms with Crippen molar-refractivity contribution in [3.05, 3.63) is 29.8 Å². The summed E-state index contributed by atoms with van der Waals surface area (Å²) in [6.07, 6.45) is 2.06. The number of hydrogen-bond donors (Lipinski definition) is 1. The Bertz CT molecular complexity index is 566. The summed E-state index contributed by atoms with van der Waals surface area (Å²) in [4.78, 5) is 8.85. The number of ether oxygens (including phenoxy) is 2. The maximum atomic E-state index is 5.83. The number of benzene rings is 1. The molecule has 26 heavy (non-hydrogen) atoms. The van der Waals surface area contributed by atoms with Crippen LogP contribution in [-0.4, -0.2) is 82.4 Å². The van der Waals surface area contributed by atoms with Crippen molar-refractivity contribution in [3.8, 4) is 5.75 Å². The monoisotopic (exact) mass is 362 g/mol. The lowest BCUT2D eigenvalue weighted by Crippen LogP contribution is -2.57. The third kappa shape index (κ3) is 5.61. The Morgan fingerprint density at radius 1 is 1.19 bits per heavy atom. The fourth-order valence-electron chi connectivity index (χ4n) is 3.20. The van der Waals surface area contributed by atoms with Crippen molar-refractivity contribution in [1.29, 1.82) is 0 Å². The minimum atomic E-state index is 0.118. The zero-order chi connectivity index (χ0) is 19.0. The molecular weight excluding hydrogens is 328 g/mol. The molecular formula is C20H34N4O2. The van der Waals surface area contributed by atoms with Crippen molar-refractivity contribution in [1.82, 2.24) is 15.1 Å². The van der Waals surface area contributed by atoms with Crippen molar-refractivity contribution in [2.75, 3.05) is 61.1 Å². The molecule has 0 bridgehead atoms. The molecule has 0 aliphatic carbocycles. The number of likely N-dealkylation sites (N-methyl/N-ethyl adjacent to an activating group) is 2. The minimum absolute atomic E-state index is 0.118. The zero-order valence-electron chi connectivity index (χ0n) is 16.9. The van der Waals surface area contributed by atoms with Gasteiger partial charge in [-0.25, -0.2) is 0 Å². The maximum absolute atomic E-state index is 5.83. The highest BCUT2D eigenvalue weighted by Gasteiger charge is 2.35. The highest BCUT2D eigenvalue weighted by molar-refractivity contribution is 5.79. The first-order valence-electron chi connectivity index (χ1n) is 9.33. The molecule has 0 atom stereocenters. The molecule has 1 aliphatic heterocycles. The van der Waals surface area contributed by atoms with E-state index in [0.29, 0.717) is 6.61 Å². The van der Waals surface area contributed by atoms with Crippen LogP contribution in [-0.2, 0) is 4.74 Å². The molecule has 0 amide bonds. The van der Waals surface area contributed by atoms with Gasteiger partial charge < -0.3 is 24.6 Å². The fraction of sp³-hybridized carbons (Fsp3) is 0.650. The average Bonchev–Trinajstić information content (AvgIpc) is 2.64. The van der Waals surface area contributed by atoms with Crippen molar-refractivity contribution in [2.24, 2.45) is 4.99 Å². The van der Waals surface area contributed by atoms with Crippen LogP contribution in [0.2, 0.25) is 0 Å². The number of aliphatic imine (C=N–C) groups is 1. The van der Waals surface area contributed by atoms with Crippen molar-refractivity contribution < 1.29 is 9.47 Å². The van der Waals surface area contributed by atoms with Gasteiger partial charge in [-0.2, -0.15) is 0 Å². The van der Waals surface area contributed by atoms with Crippen molar-refractivity contribution in [2.45, 2.75) is 25.3 Å². The second-order valence-electron chi connectivity index (χ2n) is 7.21. The van der Waals surface area contributed by atoms with Gasteiger partial charge in [0.15, 0.2) is 5.96 Å². The quantitative estimate of drug-likeness (QED) is 0.594. The smallest absolute Gasteiger partial charge is 0.193 e. The summed E-state index contributed by atoms with van der Waals surface area (Å²) in [6.45, 7) is 5.96. The van der Waals surface area contributed by atoms with E-state index in [-0.39, 0.29) is 5.54 Å². The second kappa shape index (κ2) is 9.78. The van der Waals surface area contributed by atoms with Crippen LogP contribution in [0.1, 0.15) is 18.4 Å². The van der Waals surface area contributed by atoms with E-state index in [4.69, 9.17) is 9.47 Å². The molecule has 0 spiro atoms. The van der Waals surface area contributed by atoms with Gasteiger partial charge in [-0.1, -0.05) is 17.7 Å². The minimum Gasteiger partial charge on any atom is -0.492 e.